The Bertz CT molecular complexity index is 958. The summed E-state index contributed by atoms with van der Waals surface area (Å²) in [4.78, 5) is 12.4. The molecule has 0 spiro atoms. The first kappa shape index (κ1) is 61.6. The lowest BCUT2D eigenvalue weighted by Gasteiger charge is -2.19. The van der Waals surface area contributed by atoms with Crippen LogP contribution in [0.1, 0.15) is 316 Å². The molecular weight excluding hydrogens is 771 g/mol. The van der Waals surface area contributed by atoms with Crippen molar-refractivity contribution < 1.29 is 15.0 Å². The number of hydrogen-bond acceptors (Lipinski definition) is 3. The number of unbranched alkanes of at least 4 members (excludes halogenated alkanes) is 42. The van der Waals surface area contributed by atoms with Gasteiger partial charge in [0.2, 0.25) is 5.91 Å². The van der Waals surface area contributed by atoms with Crippen molar-refractivity contribution in [2.45, 2.75) is 328 Å². The lowest BCUT2D eigenvalue weighted by atomic mass is 10.0. The number of allylic oxidation sites excluding steroid dienone is 5. The zero-order valence-corrected chi connectivity index (χ0v) is 42.9. The molecule has 0 aliphatic rings. The Hall–Kier alpha value is -1.39. The number of amides is 1. The molecular formula is C59H113NO3. The van der Waals surface area contributed by atoms with Gasteiger partial charge in [0.05, 0.1) is 18.8 Å². The van der Waals surface area contributed by atoms with E-state index < -0.39 is 12.1 Å². The molecule has 1 amide bonds. The summed E-state index contributed by atoms with van der Waals surface area (Å²) in [6.07, 6.45) is 74.6. The Morgan fingerprint density at radius 2 is 0.619 bits per heavy atom. The van der Waals surface area contributed by atoms with Crippen molar-refractivity contribution in [2.75, 3.05) is 6.61 Å². The van der Waals surface area contributed by atoms with Crippen LogP contribution >= 0.6 is 0 Å². The highest BCUT2D eigenvalue weighted by Crippen LogP contribution is 2.17. The van der Waals surface area contributed by atoms with Crippen molar-refractivity contribution in [1.29, 1.82) is 0 Å². The summed E-state index contributed by atoms with van der Waals surface area (Å²) in [7, 11) is 0. The first-order valence-corrected chi connectivity index (χ1v) is 28.7. The second-order valence-electron chi connectivity index (χ2n) is 19.7. The third kappa shape index (κ3) is 51.5. The van der Waals surface area contributed by atoms with Gasteiger partial charge in [0.25, 0.3) is 0 Å². The molecule has 4 nitrogen and oxygen atoms in total. The molecule has 0 saturated carbocycles. The first-order valence-electron chi connectivity index (χ1n) is 28.7. The van der Waals surface area contributed by atoms with E-state index in [2.05, 4.69) is 43.5 Å². The van der Waals surface area contributed by atoms with Gasteiger partial charge in [0.15, 0.2) is 0 Å². The van der Waals surface area contributed by atoms with E-state index in [1.807, 2.05) is 6.08 Å². The van der Waals surface area contributed by atoms with E-state index in [1.54, 1.807) is 6.08 Å². The minimum absolute atomic E-state index is 0.0727. The highest BCUT2D eigenvalue weighted by molar-refractivity contribution is 5.76. The standard InChI is InChI=1S/C59H113NO3/c1-3-5-7-9-11-13-15-17-19-21-23-24-25-26-27-28-29-30-31-32-33-34-35-37-38-40-42-44-46-48-50-52-54-58(62)57(56-61)60-59(63)55-53-51-49-47-45-43-41-39-36-22-20-18-16-14-12-10-8-6-4-2/h37-38,44,46,52,54,57-58,61-62H,3-36,39-43,45,47-51,53,55-56H2,1-2H3,(H,60,63)/b38-37+,46-44+,54-52+. The zero-order chi connectivity index (χ0) is 45.6. The van der Waals surface area contributed by atoms with Crippen LogP contribution in [-0.4, -0.2) is 34.9 Å². The quantitative estimate of drug-likeness (QED) is 0.0421. The molecule has 0 aromatic rings. The van der Waals surface area contributed by atoms with E-state index in [0.29, 0.717) is 6.42 Å². The Labute approximate surface area is 395 Å². The maximum Gasteiger partial charge on any atom is 0.220 e. The van der Waals surface area contributed by atoms with E-state index in [4.69, 9.17) is 0 Å². The molecule has 2 unspecified atom stereocenters. The Kier molecular flexibility index (Phi) is 53.7. The van der Waals surface area contributed by atoms with E-state index >= 15 is 0 Å². The molecule has 0 rings (SSSR count). The van der Waals surface area contributed by atoms with Gasteiger partial charge in [-0.15, -0.1) is 0 Å². The van der Waals surface area contributed by atoms with Gasteiger partial charge in [-0.05, 0) is 44.9 Å². The lowest BCUT2D eigenvalue weighted by Crippen LogP contribution is -2.45. The molecule has 0 aliphatic carbocycles. The van der Waals surface area contributed by atoms with Crippen molar-refractivity contribution in [3.8, 4) is 0 Å². The van der Waals surface area contributed by atoms with Crippen molar-refractivity contribution in [3.05, 3.63) is 36.5 Å². The second-order valence-corrected chi connectivity index (χ2v) is 19.7. The molecule has 0 aromatic heterocycles. The summed E-state index contributed by atoms with van der Waals surface area (Å²) in [5.74, 6) is -0.0727. The number of hydrogen-bond donors (Lipinski definition) is 3. The summed E-state index contributed by atoms with van der Waals surface area (Å²) in [5, 5.41) is 23.1. The Morgan fingerprint density at radius 3 is 0.921 bits per heavy atom. The molecule has 0 radical (unpaired) electrons. The smallest absolute Gasteiger partial charge is 0.220 e. The van der Waals surface area contributed by atoms with Gasteiger partial charge < -0.3 is 15.5 Å². The fourth-order valence-electron chi connectivity index (χ4n) is 8.98. The summed E-state index contributed by atoms with van der Waals surface area (Å²) in [6, 6.07) is -0.644. The highest BCUT2D eigenvalue weighted by Gasteiger charge is 2.18. The zero-order valence-electron chi connectivity index (χ0n) is 42.9. The van der Waals surface area contributed by atoms with E-state index in [1.165, 1.54) is 257 Å². The monoisotopic (exact) mass is 884 g/mol. The largest absolute Gasteiger partial charge is 0.394 e. The summed E-state index contributed by atoms with van der Waals surface area (Å²) < 4.78 is 0. The van der Waals surface area contributed by atoms with Gasteiger partial charge >= 0.3 is 0 Å². The normalized spacial score (nSPS) is 13.0. The Morgan fingerprint density at radius 1 is 0.365 bits per heavy atom. The number of aliphatic hydroxyl groups excluding tert-OH is 2. The topological polar surface area (TPSA) is 69.6 Å². The molecule has 3 N–H and O–H groups in total. The third-order valence-corrected chi connectivity index (χ3v) is 13.4. The fraction of sp³-hybridized carbons (Fsp3) is 0.881. The van der Waals surface area contributed by atoms with E-state index in [9.17, 15) is 15.0 Å². The highest BCUT2D eigenvalue weighted by atomic mass is 16.3. The average Bonchev–Trinajstić information content (AvgIpc) is 3.29. The van der Waals surface area contributed by atoms with E-state index in [-0.39, 0.29) is 12.5 Å². The number of nitrogens with one attached hydrogen (secondary N) is 1. The van der Waals surface area contributed by atoms with Crippen LogP contribution in [0.3, 0.4) is 0 Å². The van der Waals surface area contributed by atoms with Gasteiger partial charge in [-0.1, -0.05) is 301 Å². The minimum Gasteiger partial charge on any atom is -0.394 e. The van der Waals surface area contributed by atoms with Crippen LogP contribution in [0.2, 0.25) is 0 Å². The van der Waals surface area contributed by atoms with Crippen LogP contribution in [0.5, 0.6) is 0 Å². The lowest BCUT2D eigenvalue weighted by molar-refractivity contribution is -0.123. The molecule has 372 valence electrons. The van der Waals surface area contributed by atoms with Crippen molar-refractivity contribution >= 4 is 5.91 Å². The molecule has 63 heavy (non-hydrogen) atoms. The van der Waals surface area contributed by atoms with Crippen LogP contribution in [-0.2, 0) is 4.79 Å². The van der Waals surface area contributed by atoms with Gasteiger partial charge in [0.1, 0.15) is 0 Å². The maximum atomic E-state index is 12.4. The van der Waals surface area contributed by atoms with Gasteiger partial charge in [-0.2, -0.15) is 0 Å². The van der Waals surface area contributed by atoms with Crippen molar-refractivity contribution in [1.82, 2.24) is 5.32 Å². The maximum absolute atomic E-state index is 12.4. The predicted octanol–water partition coefficient (Wildman–Crippen LogP) is 18.9. The number of carbonyl (C=O) groups is 1. The number of aliphatic hydroxyl groups is 2. The number of rotatable bonds is 53. The average molecular weight is 885 g/mol. The predicted molar refractivity (Wildman–Crippen MR) is 281 cm³/mol. The molecule has 0 bridgehead atoms. The number of carbonyl (C=O) groups excluding carboxylic acids is 1. The minimum atomic E-state index is -0.869. The van der Waals surface area contributed by atoms with Crippen molar-refractivity contribution in [2.24, 2.45) is 0 Å². The Balaban J connectivity index is 3.52. The van der Waals surface area contributed by atoms with E-state index in [0.717, 1.165) is 38.5 Å². The first-order chi connectivity index (χ1) is 31.2. The molecule has 0 saturated heterocycles. The van der Waals surface area contributed by atoms with Crippen molar-refractivity contribution in [3.63, 3.8) is 0 Å². The van der Waals surface area contributed by atoms with Crippen LogP contribution in [0, 0.1) is 0 Å². The molecule has 0 aromatic carbocycles. The molecule has 2 atom stereocenters. The molecule has 0 aliphatic heterocycles. The fourth-order valence-corrected chi connectivity index (χ4v) is 8.98. The summed E-state index contributed by atoms with van der Waals surface area (Å²) in [6.45, 7) is 4.33. The van der Waals surface area contributed by atoms with Gasteiger partial charge in [-0.3, -0.25) is 4.79 Å². The third-order valence-electron chi connectivity index (χ3n) is 13.4. The molecule has 4 heteroatoms. The van der Waals surface area contributed by atoms with Crippen LogP contribution < -0.4 is 5.32 Å². The van der Waals surface area contributed by atoms with Crippen LogP contribution in [0.25, 0.3) is 0 Å². The molecule has 0 heterocycles. The van der Waals surface area contributed by atoms with Gasteiger partial charge in [-0.25, -0.2) is 0 Å². The molecule has 0 fully saturated rings. The SMILES string of the molecule is CCCCCCCCCCCCCCCCCCCCCCCC/C=C/CC/C=C/CC/C=C/C(O)C(CO)NC(=O)CCCCCCCCCCCCCCCCCCCCC. The van der Waals surface area contributed by atoms with Crippen LogP contribution in [0.15, 0.2) is 36.5 Å². The second kappa shape index (κ2) is 54.9. The summed E-state index contributed by atoms with van der Waals surface area (Å²) >= 11 is 0. The summed E-state index contributed by atoms with van der Waals surface area (Å²) in [5.41, 5.74) is 0. The van der Waals surface area contributed by atoms with Crippen LogP contribution in [0.4, 0.5) is 0 Å². The van der Waals surface area contributed by atoms with Gasteiger partial charge in [0, 0.05) is 6.42 Å².